The zero-order chi connectivity index (χ0) is 12.3. The average Bonchev–Trinajstić information content (AvgIpc) is 2.39. The number of anilines is 1. The molecule has 0 spiro atoms. The van der Waals surface area contributed by atoms with Crippen LogP contribution < -0.4 is 4.90 Å². The smallest absolute Gasteiger partial charge is 0.128 e. The molecule has 2 unspecified atom stereocenters. The molecule has 2 rings (SSSR count). The molecular weight excluding hydrogens is 236 g/mol. The van der Waals surface area contributed by atoms with Crippen molar-refractivity contribution < 1.29 is 4.74 Å². The first-order valence-corrected chi connectivity index (χ1v) is 6.56. The van der Waals surface area contributed by atoms with E-state index >= 15 is 0 Å². The standard InChI is InChI=1S/C13H19ClN2O/c1-10-5-6-16(9-12(10)17-2)13-4-3-11(7-14)8-15-13/h3-4,8,10,12H,5-7,9H2,1-2H3. The van der Waals surface area contributed by atoms with Crippen LogP contribution in [0.4, 0.5) is 5.82 Å². The van der Waals surface area contributed by atoms with Gasteiger partial charge in [-0.15, -0.1) is 11.6 Å². The first-order valence-electron chi connectivity index (χ1n) is 6.03. The van der Waals surface area contributed by atoms with Gasteiger partial charge >= 0.3 is 0 Å². The fraction of sp³-hybridized carbons (Fsp3) is 0.615. The monoisotopic (exact) mass is 254 g/mol. The van der Waals surface area contributed by atoms with E-state index in [-0.39, 0.29) is 0 Å². The second kappa shape index (κ2) is 5.69. The minimum Gasteiger partial charge on any atom is -0.379 e. The van der Waals surface area contributed by atoms with Gasteiger partial charge < -0.3 is 9.64 Å². The number of methoxy groups -OCH3 is 1. The molecule has 17 heavy (non-hydrogen) atoms. The number of hydrogen-bond donors (Lipinski definition) is 0. The van der Waals surface area contributed by atoms with E-state index < -0.39 is 0 Å². The van der Waals surface area contributed by atoms with Crippen LogP contribution in [0.15, 0.2) is 18.3 Å². The van der Waals surface area contributed by atoms with Crippen molar-refractivity contribution in [1.29, 1.82) is 0 Å². The molecule has 1 aliphatic heterocycles. The van der Waals surface area contributed by atoms with Crippen LogP contribution in [0.3, 0.4) is 0 Å². The highest BCUT2D eigenvalue weighted by Gasteiger charge is 2.26. The molecule has 0 radical (unpaired) electrons. The SMILES string of the molecule is COC1CN(c2ccc(CCl)cn2)CCC1C. The van der Waals surface area contributed by atoms with Crippen molar-refractivity contribution >= 4 is 17.4 Å². The molecule has 1 saturated heterocycles. The highest BCUT2D eigenvalue weighted by Crippen LogP contribution is 2.23. The highest BCUT2D eigenvalue weighted by molar-refractivity contribution is 6.17. The van der Waals surface area contributed by atoms with Gasteiger partial charge in [-0.3, -0.25) is 0 Å². The van der Waals surface area contributed by atoms with Crippen LogP contribution in [0.25, 0.3) is 0 Å². The Morgan fingerprint density at radius 2 is 2.35 bits per heavy atom. The van der Waals surface area contributed by atoms with Gasteiger partial charge in [0.25, 0.3) is 0 Å². The Morgan fingerprint density at radius 3 is 2.94 bits per heavy atom. The third kappa shape index (κ3) is 2.90. The van der Waals surface area contributed by atoms with Gasteiger partial charge in [-0.1, -0.05) is 13.0 Å². The van der Waals surface area contributed by atoms with E-state index in [2.05, 4.69) is 16.8 Å². The van der Waals surface area contributed by atoms with Gasteiger partial charge in [0, 0.05) is 32.3 Å². The van der Waals surface area contributed by atoms with E-state index in [1.165, 1.54) is 0 Å². The first kappa shape index (κ1) is 12.7. The average molecular weight is 255 g/mol. The summed E-state index contributed by atoms with van der Waals surface area (Å²) in [5.74, 6) is 2.16. The number of pyridine rings is 1. The van der Waals surface area contributed by atoms with Gasteiger partial charge in [0.15, 0.2) is 0 Å². The molecule has 0 bridgehead atoms. The Kier molecular flexibility index (Phi) is 4.24. The first-order chi connectivity index (χ1) is 8.24. The van der Waals surface area contributed by atoms with E-state index in [1.807, 2.05) is 18.3 Å². The van der Waals surface area contributed by atoms with Gasteiger partial charge in [-0.05, 0) is 24.0 Å². The molecule has 1 aliphatic rings. The lowest BCUT2D eigenvalue weighted by atomic mass is 9.96. The number of aromatic nitrogens is 1. The Balaban J connectivity index is 2.06. The zero-order valence-corrected chi connectivity index (χ0v) is 11.2. The molecule has 1 aromatic heterocycles. The van der Waals surface area contributed by atoms with Crippen molar-refractivity contribution in [1.82, 2.24) is 4.98 Å². The predicted molar refractivity (Wildman–Crippen MR) is 70.6 cm³/mol. The van der Waals surface area contributed by atoms with Crippen LogP contribution in [0.1, 0.15) is 18.9 Å². The fourth-order valence-corrected chi connectivity index (χ4v) is 2.39. The van der Waals surface area contributed by atoms with E-state index in [0.29, 0.717) is 17.9 Å². The number of nitrogens with zero attached hydrogens (tertiary/aromatic N) is 2. The molecule has 2 atom stereocenters. The lowest BCUT2D eigenvalue weighted by Crippen LogP contribution is -2.44. The minimum atomic E-state index is 0.304. The lowest BCUT2D eigenvalue weighted by molar-refractivity contribution is 0.0496. The van der Waals surface area contributed by atoms with Crippen LogP contribution in [-0.2, 0) is 10.6 Å². The van der Waals surface area contributed by atoms with Crippen LogP contribution in [0, 0.1) is 5.92 Å². The maximum Gasteiger partial charge on any atom is 0.128 e. The van der Waals surface area contributed by atoms with E-state index in [9.17, 15) is 0 Å². The van der Waals surface area contributed by atoms with Crippen molar-refractivity contribution in [2.24, 2.45) is 5.92 Å². The normalized spacial score (nSPS) is 25.0. The van der Waals surface area contributed by atoms with Crippen molar-refractivity contribution in [2.45, 2.75) is 25.3 Å². The maximum absolute atomic E-state index is 5.76. The molecule has 0 saturated carbocycles. The summed E-state index contributed by atoms with van der Waals surface area (Å²) in [6, 6.07) is 4.08. The fourth-order valence-electron chi connectivity index (χ4n) is 2.23. The number of rotatable bonds is 3. The Labute approximate surface area is 108 Å². The minimum absolute atomic E-state index is 0.304. The number of piperidine rings is 1. The van der Waals surface area contributed by atoms with Crippen LogP contribution >= 0.6 is 11.6 Å². The third-order valence-electron chi connectivity index (χ3n) is 3.48. The summed E-state index contributed by atoms with van der Waals surface area (Å²) in [4.78, 5) is 6.74. The molecule has 2 heterocycles. The van der Waals surface area contributed by atoms with Crippen LogP contribution in [0.5, 0.6) is 0 Å². The molecule has 1 fully saturated rings. The molecular formula is C13H19ClN2O. The summed E-state index contributed by atoms with van der Waals surface area (Å²) >= 11 is 5.76. The van der Waals surface area contributed by atoms with E-state index in [1.54, 1.807) is 7.11 Å². The van der Waals surface area contributed by atoms with Crippen molar-refractivity contribution in [3.63, 3.8) is 0 Å². The topological polar surface area (TPSA) is 25.4 Å². The summed E-state index contributed by atoms with van der Waals surface area (Å²) < 4.78 is 5.51. The molecule has 3 nitrogen and oxygen atoms in total. The summed E-state index contributed by atoms with van der Waals surface area (Å²) in [7, 11) is 1.79. The summed E-state index contributed by atoms with van der Waals surface area (Å²) in [6.07, 6.45) is 3.30. The number of halogens is 1. The van der Waals surface area contributed by atoms with Crippen LogP contribution in [-0.4, -0.2) is 31.3 Å². The second-order valence-corrected chi connectivity index (χ2v) is 4.91. The molecule has 0 aromatic carbocycles. The highest BCUT2D eigenvalue weighted by atomic mass is 35.5. The summed E-state index contributed by atoms with van der Waals surface area (Å²) in [6.45, 7) is 4.22. The van der Waals surface area contributed by atoms with Gasteiger partial charge in [0.2, 0.25) is 0 Å². The molecule has 1 aromatic rings. The Bertz CT molecular complexity index is 355. The molecule has 0 amide bonds. The predicted octanol–water partition coefficient (Wildman–Crippen LogP) is 2.68. The second-order valence-electron chi connectivity index (χ2n) is 4.64. The summed E-state index contributed by atoms with van der Waals surface area (Å²) in [5, 5.41) is 0. The zero-order valence-electron chi connectivity index (χ0n) is 10.4. The van der Waals surface area contributed by atoms with Crippen molar-refractivity contribution in [3.8, 4) is 0 Å². The van der Waals surface area contributed by atoms with Gasteiger partial charge in [0.05, 0.1) is 6.10 Å². The molecule has 0 aliphatic carbocycles. The maximum atomic E-state index is 5.76. The van der Waals surface area contributed by atoms with Crippen molar-refractivity contribution in [2.75, 3.05) is 25.1 Å². The largest absolute Gasteiger partial charge is 0.379 e. The Hall–Kier alpha value is -0.800. The number of hydrogen-bond acceptors (Lipinski definition) is 3. The van der Waals surface area contributed by atoms with Gasteiger partial charge in [-0.2, -0.15) is 0 Å². The number of alkyl halides is 1. The van der Waals surface area contributed by atoms with E-state index in [0.717, 1.165) is 30.9 Å². The van der Waals surface area contributed by atoms with Gasteiger partial charge in [0.1, 0.15) is 5.82 Å². The van der Waals surface area contributed by atoms with Crippen molar-refractivity contribution in [3.05, 3.63) is 23.9 Å². The third-order valence-corrected chi connectivity index (χ3v) is 3.79. The molecule has 4 heteroatoms. The van der Waals surface area contributed by atoms with E-state index in [4.69, 9.17) is 16.3 Å². The van der Waals surface area contributed by atoms with Crippen LogP contribution in [0.2, 0.25) is 0 Å². The molecule has 94 valence electrons. The summed E-state index contributed by atoms with van der Waals surface area (Å²) in [5.41, 5.74) is 1.06. The quantitative estimate of drug-likeness (QED) is 0.776. The molecule has 0 N–H and O–H groups in total. The number of ether oxygens (including phenoxy) is 1. The Morgan fingerprint density at radius 1 is 1.53 bits per heavy atom. The van der Waals surface area contributed by atoms with Gasteiger partial charge in [-0.25, -0.2) is 4.98 Å². The lowest BCUT2D eigenvalue weighted by Gasteiger charge is -2.36.